The molecule has 2 fully saturated rings. The van der Waals surface area contributed by atoms with Gasteiger partial charge in [-0.25, -0.2) is 4.39 Å². The molecule has 122 valence electrons. The van der Waals surface area contributed by atoms with Gasteiger partial charge in [0.1, 0.15) is 5.82 Å². The van der Waals surface area contributed by atoms with Crippen molar-refractivity contribution >= 4 is 18.3 Å². The molecule has 0 radical (unpaired) electrons. The predicted octanol–water partition coefficient (Wildman–Crippen LogP) is 2.99. The van der Waals surface area contributed by atoms with Crippen molar-refractivity contribution in [3.05, 3.63) is 35.6 Å². The van der Waals surface area contributed by atoms with Crippen molar-refractivity contribution in [1.82, 2.24) is 10.2 Å². The van der Waals surface area contributed by atoms with E-state index < -0.39 is 0 Å². The Bertz CT molecular complexity index is 484. The van der Waals surface area contributed by atoms with E-state index in [4.69, 9.17) is 0 Å². The van der Waals surface area contributed by atoms with Crippen LogP contribution < -0.4 is 5.32 Å². The van der Waals surface area contributed by atoms with Crippen molar-refractivity contribution in [3.63, 3.8) is 0 Å². The summed E-state index contributed by atoms with van der Waals surface area (Å²) in [7, 11) is 0. The molecule has 0 atom stereocenters. The molecule has 1 saturated heterocycles. The number of rotatable bonds is 5. The van der Waals surface area contributed by atoms with Crippen molar-refractivity contribution in [2.24, 2.45) is 11.8 Å². The lowest BCUT2D eigenvalue weighted by molar-refractivity contribution is -0.137. The van der Waals surface area contributed by atoms with Gasteiger partial charge in [0, 0.05) is 19.0 Å². The number of halogens is 2. The molecule has 1 amide bonds. The maximum Gasteiger partial charge on any atom is 0.226 e. The van der Waals surface area contributed by atoms with Gasteiger partial charge in [-0.1, -0.05) is 12.1 Å². The number of piperidine rings is 1. The van der Waals surface area contributed by atoms with Crippen LogP contribution in [0, 0.1) is 17.7 Å². The van der Waals surface area contributed by atoms with Gasteiger partial charge in [0.2, 0.25) is 5.91 Å². The number of hydrogen-bond donors (Lipinski definition) is 1. The van der Waals surface area contributed by atoms with E-state index in [0.29, 0.717) is 12.5 Å². The predicted molar refractivity (Wildman–Crippen MR) is 87.4 cm³/mol. The van der Waals surface area contributed by atoms with E-state index in [2.05, 4.69) is 5.32 Å². The lowest BCUT2D eigenvalue weighted by atomic mass is 9.96. The van der Waals surface area contributed by atoms with Crippen LogP contribution in [0.5, 0.6) is 0 Å². The summed E-state index contributed by atoms with van der Waals surface area (Å²) in [6, 6.07) is 6.51. The van der Waals surface area contributed by atoms with E-state index in [9.17, 15) is 9.18 Å². The highest BCUT2D eigenvalue weighted by Crippen LogP contribution is 2.31. The Kier molecular flexibility index (Phi) is 6.21. The second kappa shape index (κ2) is 7.93. The SMILES string of the molecule is Cl.O=C(C1CCNCC1)N(Cc1ccc(F)cc1)CC1CC1. The smallest absolute Gasteiger partial charge is 0.226 e. The Hall–Kier alpha value is -1.13. The van der Waals surface area contributed by atoms with E-state index in [-0.39, 0.29) is 30.0 Å². The fourth-order valence-electron chi connectivity index (χ4n) is 2.98. The van der Waals surface area contributed by atoms with Gasteiger partial charge in [0.25, 0.3) is 0 Å². The van der Waals surface area contributed by atoms with Crippen LogP contribution in [-0.2, 0) is 11.3 Å². The fourth-order valence-corrected chi connectivity index (χ4v) is 2.98. The number of nitrogens with zero attached hydrogens (tertiary/aromatic N) is 1. The van der Waals surface area contributed by atoms with Crippen molar-refractivity contribution < 1.29 is 9.18 Å². The van der Waals surface area contributed by atoms with Gasteiger partial charge in [-0.05, 0) is 62.4 Å². The van der Waals surface area contributed by atoms with Crippen LogP contribution in [0.2, 0.25) is 0 Å². The van der Waals surface area contributed by atoms with Crippen LogP contribution in [-0.4, -0.2) is 30.4 Å². The average molecular weight is 327 g/mol. The zero-order chi connectivity index (χ0) is 14.7. The van der Waals surface area contributed by atoms with Gasteiger partial charge in [-0.15, -0.1) is 12.4 Å². The molecule has 1 aliphatic carbocycles. The molecule has 0 unspecified atom stereocenters. The molecule has 3 nitrogen and oxygen atoms in total. The third kappa shape index (κ3) is 4.68. The van der Waals surface area contributed by atoms with E-state index in [1.54, 1.807) is 12.1 Å². The molecule has 5 heteroatoms. The summed E-state index contributed by atoms with van der Waals surface area (Å²) in [5.41, 5.74) is 1.01. The third-order valence-electron chi connectivity index (χ3n) is 4.46. The molecule has 0 spiro atoms. The molecule has 1 aliphatic heterocycles. The Morgan fingerprint density at radius 1 is 1.14 bits per heavy atom. The number of benzene rings is 1. The Morgan fingerprint density at radius 3 is 2.36 bits per heavy atom. The number of hydrogen-bond acceptors (Lipinski definition) is 2. The van der Waals surface area contributed by atoms with Crippen molar-refractivity contribution in [2.75, 3.05) is 19.6 Å². The first-order chi connectivity index (χ1) is 10.2. The van der Waals surface area contributed by atoms with Crippen molar-refractivity contribution in [2.45, 2.75) is 32.2 Å². The van der Waals surface area contributed by atoms with Gasteiger partial charge in [-0.3, -0.25) is 4.79 Å². The molecule has 1 saturated carbocycles. The minimum absolute atomic E-state index is 0. The maximum absolute atomic E-state index is 13.0. The zero-order valence-corrected chi connectivity index (χ0v) is 13.6. The maximum atomic E-state index is 13.0. The Morgan fingerprint density at radius 2 is 1.77 bits per heavy atom. The first-order valence-electron chi connectivity index (χ1n) is 7.96. The first kappa shape index (κ1) is 17.2. The number of carbonyl (C=O) groups is 1. The minimum atomic E-state index is -0.225. The van der Waals surface area contributed by atoms with Crippen LogP contribution in [0.3, 0.4) is 0 Å². The van der Waals surface area contributed by atoms with Crippen LogP contribution in [0.25, 0.3) is 0 Å². The lowest BCUT2D eigenvalue weighted by Crippen LogP contribution is -2.41. The molecule has 1 N–H and O–H groups in total. The summed E-state index contributed by atoms with van der Waals surface area (Å²) in [5, 5.41) is 3.31. The number of nitrogens with one attached hydrogen (secondary N) is 1. The second-order valence-electron chi connectivity index (χ2n) is 6.31. The molecular weight excluding hydrogens is 303 g/mol. The monoisotopic (exact) mass is 326 g/mol. The topological polar surface area (TPSA) is 32.3 Å². The average Bonchev–Trinajstić information content (AvgIpc) is 3.33. The number of amides is 1. The minimum Gasteiger partial charge on any atom is -0.338 e. The molecule has 1 aromatic carbocycles. The third-order valence-corrected chi connectivity index (χ3v) is 4.46. The van der Waals surface area contributed by atoms with Gasteiger partial charge in [0.15, 0.2) is 0 Å². The van der Waals surface area contributed by atoms with Crippen LogP contribution >= 0.6 is 12.4 Å². The standard InChI is InChI=1S/C17H23FN2O.ClH/c18-16-5-3-14(4-6-16)12-20(11-13-1-2-13)17(21)15-7-9-19-10-8-15;/h3-6,13,15,19H,1-2,7-12H2;1H. The van der Waals surface area contributed by atoms with Gasteiger partial charge >= 0.3 is 0 Å². The molecule has 22 heavy (non-hydrogen) atoms. The van der Waals surface area contributed by atoms with Gasteiger partial charge in [-0.2, -0.15) is 0 Å². The molecule has 0 bridgehead atoms. The Balaban J connectivity index is 0.00000176. The summed E-state index contributed by atoms with van der Waals surface area (Å²) in [6.45, 7) is 3.34. The summed E-state index contributed by atoms with van der Waals surface area (Å²) in [6.07, 6.45) is 4.34. The summed E-state index contributed by atoms with van der Waals surface area (Å²) >= 11 is 0. The molecule has 0 aromatic heterocycles. The fraction of sp³-hybridized carbons (Fsp3) is 0.588. The van der Waals surface area contributed by atoms with Crippen LogP contribution in [0.15, 0.2) is 24.3 Å². The Labute approximate surface area is 137 Å². The van der Waals surface area contributed by atoms with E-state index in [0.717, 1.165) is 38.0 Å². The lowest BCUT2D eigenvalue weighted by Gasteiger charge is -2.30. The van der Waals surface area contributed by atoms with Gasteiger partial charge < -0.3 is 10.2 Å². The molecule has 2 aliphatic rings. The first-order valence-corrected chi connectivity index (χ1v) is 7.96. The second-order valence-corrected chi connectivity index (χ2v) is 6.31. The number of carbonyl (C=O) groups excluding carboxylic acids is 1. The summed E-state index contributed by atoms with van der Waals surface area (Å²) < 4.78 is 13.0. The molecular formula is C17H24ClFN2O. The highest BCUT2D eigenvalue weighted by Gasteiger charge is 2.31. The molecule has 1 aromatic rings. The highest BCUT2D eigenvalue weighted by molar-refractivity contribution is 5.85. The van der Waals surface area contributed by atoms with E-state index in [1.807, 2.05) is 4.90 Å². The van der Waals surface area contributed by atoms with Crippen molar-refractivity contribution in [3.8, 4) is 0 Å². The molecule has 3 rings (SSSR count). The summed E-state index contributed by atoms with van der Waals surface area (Å²) in [5.74, 6) is 0.895. The molecule has 1 heterocycles. The van der Waals surface area contributed by atoms with Crippen LogP contribution in [0.1, 0.15) is 31.2 Å². The quantitative estimate of drug-likeness (QED) is 0.902. The van der Waals surface area contributed by atoms with Crippen molar-refractivity contribution in [1.29, 1.82) is 0 Å². The zero-order valence-electron chi connectivity index (χ0n) is 12.8. The normalized spacial score (nSPS) is 18.6. The highest BCUT2D eigenvalue weighted by atomic mass is 35.5. The van der Waals surface area contributed by atoms with E-state index >= 15 is 0 Å². The van der Waals surface area contributed by atoms with Crippen LogP contribution in [0.4, 0.5) is 4.39 Å². The van der Waals surface area contributed by atoms with Gasteiger partial charge in [0.05, 0.1) is 0 Å². The largest absolute Gasteiger partial charge is 0.338 e. The van der Waals surface area contributed by atoms with E-state index in [1.165, 1.54) is 25.0 Å². The summed E-state index contributed by atoms with van der Waals surface area (Å²) in [4.78, 5) is 14.8.